The maximum atomic E-state index is 11.8. The molecular weight excluding hydrogens is 240 g/mol. The monoisotopic (exact) mass is 255 g/mol. The molecule has 4 nitrogen and oxygen atoms in total. The zero-order chi connectivity index (χ0) is 12.8. The second kappa shape index (κ2) is 6.42. The lowest BCUT2D eigenvalue weighted by molar-refractivity contribution is 0.0187. The minimum Gasteiger partial charge on any atom is -0.374 e. The number of hydrogen-bond acceptors (Lipinski definition) is 3. The number of pyridine rings is 1. The van der Waals surface area contributed by atoms with Crippen molar-refractivity contribution in [2.75, 3.05) is 19.8 Å². The molecule has 0 aromatic carbocycles. The lowest BCUT2D eigenvalue weighted by Gasteiger charge is -2.04. The number of fused-ring (bicyclic) bond motifs is 1. The molecule has 0 fully saturated rings. The van der Waals surface area contributed by atoms with Crippen LogP contribution in [0.3, 0.4) is 0 Å². The number of nitrogens with zero attached hydrogens (tertiary/aromatic N) is 2. The molecule has 2 aromatic rings. The third kappa shape index (κ3) is 3.75. The Morgan fingerprint density at radius 3 is 3.06 bits per heavy atom. The minimum atomic E-state index is -2.40. The Hall–Kier alpha value is -1.53. The van der Waals surface area contributed by atoms with Gasteiger partial charge in [0.2, 0.25) is 0 Å². The standard InChI is InChI=1S/C12H15F2N3O/c13-11(14)9-18-6-4-15-7-10-8-17-5-2-1-3-12(17)16-10/h1-3,5,8,11,15H,4,6-7,9H2. The lowest BCUT2D eigenvalue weighted by Crippen LogP contribution is -2.20. The highest BCUT2D eigenvalue weighted by atomic mass is 19.3. The van der Waals surface area contributed by atoms with E-state index in [9.17, 15) is 8.78 Å². The van der Waals surface area contributed by atoms with Crippen molar-refractivity contribution in [2.45, 2.75) is 13.0 Å². The summed E-state index contributed by atoms with van der Waals surface area (Å²) in [7, 11) is 0. The summed E-state index contributed by atoms with van der Waals surface area (Å²) in [6.07, 6.45) is 1.46. The van der Waals surface area contributed by atoms with E-state index in [-0.39, 0.29) is 6.61 Å². The zero-order valence-electron chi connectivity index (χ0n) is 9.85. The first kappa shape index (κ1) is 12.9. The number of halogens is 2. The molecule has 2 aromatic heterocycles. The highest BCUT2D eigenvalue weighted by Crippen LogP contribution is 2.03. The SMILES string of the molecule is FC(F)COCCNCc1cn2ccccc2n1. The zero-order valence-corrected chi connectivity index (χ0v) is 9.85. The molecule has 0 spiro atoms. The van der Waals surface area contributed by atoms with Crippen LogP contribution in [0.1, 0.15) is 5.69 Å². The van der Waals surface area contributed by atoms with E-state index in [0.717, 1.165) is 11.3 Å². The van der Waals surface area contributed by atoms with Crippen LogP contribution < -0.4 is 5.32 Å². The van der Waals surface area contributed by atoms with Gasteiger partial charge in [0.25, 0.3) is 6.43 Å². The number of ether oxygens (including phenoxy) is 1. The fourth-order valence-corrected chi connectivity index (χ4v) is 1.61. The van der Waals surface area contributed by atoms with Gasteiger partial charge >= 0.3 is 0 Å². The third-order valence-corrected chi connectivity index (χ3v) is 2.39. The van der Waals surface area contributed by atoms with Gasteiger partial charge in [-0.1, -0.05) is 6.07 Å². The summed E-state index contributed by atoms with van der Waals surface area (Å²) in [5.74, 6) is 0. The van der Waals surface area contributed by atoms with Crippen LogP contribution in [-0.2, 0) is 11.3 Å². The Kier molecular flexibility index (Phi) is 4.60. The summed E-state index contributed by atoms with van der Waals surface area (Å²) in [5, 5.41) is 3.09. The molecule has 0 aliphatic carbocycles. The lowest BCUT2D eigenvalue weighted by atomic mass is 10.4. The van der Waals surface area contributed by atoms with Gasteiger partial charge in [0.05, 0.1) is 12.3 Å². The van der Waals surface area contributed by atoms with Crippen molar-refractivity contribution in [3.8, 4) is 0 Å². The first-order valence-electron chi connectivity index (χ1n) is 5.75. The van der Waals surface area contributed by atoms with Crippen molar-refractivity contribution in [3.05, 3.63) is 36.3 Å². The summed E-state index contributed by atoms with van der Waals surface area (Å²) < 4.78 is 30.2. The van der Waals surface area contributed by atoms with Gasteiger partial charge in [0, 0.05) is 25.5 Å². The second-order valence-electron chi connectivity index (χ2n) is 3.84. The van der Waals surface area contributed by atoms with E-state index >= 15 is 0 Å². The van der Waals surface area contributed by atoms with Gasteiger partial charge in [0.15, 0.2) is 0 Å². The van der Waals surface area contributed by atoms with E-state index in [1.807, 2.05) is 35.0 Å². The summed E-state index contributed by atoms with van der Waals surface area (Å²) in [6, 6.07) is 5.79. The van der Waals surface area contributed by atoms with Crippen molar-refractivity contribution in [3.63, 3.8) is 0 Å². The van der Waals surface area contributed by atoms with Crippen molar-refractivity contribution in [1.82, 2.24) is 14.7 Å². The molecule has 0 saturated carbocycles. The second-order valence-corrected chi connectivity index (χ2v) is 3.84. The van der Waals surface area contributed by atoms with Crippen molar-refractivity contribution in [2.24, 2.45) is 0 Å². The molecule has 0 radical (unpaired) electrons. The van der Waals surface area contributed by atoms with Crippen LogP contribution in [0, 0.1) is 0 Å². The average molecular weight is 255 g/mol. The van der Waals surface area contributed by atoms with Crippen LogP contribution in [0.5, 0.6) is 0 Å². The highest BCUT2D eigenvalue weighted by molar-refractivity contribution is 5.39. The van der Waals surface area contributed by atoms with Crippen LogP contribution in [-0.4, -0.2) is 35.6 Å². The predicted octanol–water partition coefficient (Wildman–Crippen LogP) is 1.71. The van der Waals surface area contributed by atoms with E-state index in [1.54, 1.807) is 0 Å². The van der Waals surface area contributed by atoms with Gasteiger partial charge in [0.1, 0.15) is 12.3 Å². The minimum absolute atomic E-state index is 0.276. The van der Waals surface area contributed by atoms with Crippen molar-refractivity contribution in [1.29, 1.82) is 0 Å². The summed E-state index contributed by atoms with van der Waals surface area (Å²) in [6.45, 7) is 0.897. The smallest absolute Gasteiger partial charge is 0.261 e. The van der Waals surface area contributed by atoms with Crippen molar-refractivity contribution < 1.29 is 13.5 Å². The summed E-state index contributed by atoms with van der Waals surface area (Å²) in [4.78, 5) is 4.40. The van der Waals surface area contributed by atoms with Crippen LogP contribution in [0.2, 0.25) is 0 Å². The van der Waals surface area contributed by atoms with Gasteiger partial charge in [-0.05, 0) is 12.1 Å². The predicted molar refractivity (Wildman–Crippen MR) is 63.7 cm³/mol. The number of aromatic nitrogens is 2. The maximum absolute atomic E-state index is 11.8. The molecule has 0 atom stereocenters. The normalized spacial score (nSPS) is 11.5. The third-order valence-electron chi connectivity index (χ3n) is 2.39. The van der Waals surface area contributed by atoms with E-state index in [1.165, 1.54) is 0 Å². The molecule has 0 unspecified atom stereocenters. The molecule has 0 aliphatic rings. The Bertz CT molecular complexity index is 454. The Morgan fingerprint density at radius 2 is 2.28 bits per heavy atom. The molecule has 98 valence electrons. The fourth-order valence-electron chi connectivity index (χ4n) is 1.61. The molecule has 18 heavy (non-hydrogen) atoms. The number of rotatable bonds is 7. The fraction of sp³-hybridized carbons (Fsp3) is 0.417. The van der Waals surface area contributed by atoms with Crippen molar-refractivity contribution >= 4 is 5.65 Å². The van der Waals surface area contributed by atoms with Crippen LogP contribution in [0.4, 0.5) is 8.78 Å². The molecular formula is C12H15F2N3O. The highest BCUT2D eigenvalue weighted by Gasteiger charge is 2.02. The maximum Gasteiger partial charge on any atom is 0.261 e. The van der Waals surface area contributed by atoms with Gasteiger partial charge in [-0.3, -0.25) is 0 Å². The number of nitrogens with one attached hydrogen (secondary N) is 1. The Balaban J connectivity index is 1.70. The molecule has 6 heteroatoms. The first-order valence-corrected chi connectivity index (χ1v) is 5.75. The summed E-state index contributed by atoms with van der Waals surface area (Å²) in [5.41, 5.74) is 1.80. The van der Waals surface area contributed by atoms with E-state index < -0.39 is 13.0 Å². The first-order chi connectivity index (χ1) is 8.75. The summed E-state index contributed by atoms with van der Waals surface area (Å²) >= 11 is 0. The topological polar surface area (TPSA) is 38.6 Å². The van der Waals surface area contributed by atoms with E-state index in [4.69, 9.17) is 4.74 Å². The Labute approximate surface area is 104 Å². The molecule has 0 aliphatic heterocycles. The number of hydrogen-bond donors (Lipinski definition) is 1. The largest absolute Gasteiger partial charge is 0.374 e. The van der Waals surface area contributed by atoms with Gasteiger partial charge in [-0.25, -0.2) is 13.8 Å². The average Bonchev–Trinajstić information content (AvgIpc) is 2.75. The van der Waals surface area contributed by atoms with Gasteiger partial charge in [-0.15, -0.1) is 0 Å². The molecule has 1 N–H and O–H groups in total. The van der Waals surface area contributed by atoms with Crippen LogP contribution in [0.15, 0.2) is 30.6 Å². The quantitative estimate of drug-likeness (QED) is 0.765. The van der Waals surface area contributed by atoms with Gasteiger partial charge in [-0.2, -0.15) is 0 Å². The van der Waals surface area contributed by atoms with Gasteiger partial charge < -0.3 is 14.5 Å². The number of alkyl halides is 2. The Morgan fingerprint density at radius 1 is 1.39 bits per heavy atom. The molecule has 2 rings (SSSR count). The molecule has 0 bridgehead atoms. The van der Waals surface area contributed by atoms with Crippen LogP contribution >= 0.6 is 0 Å². The van der Waals surface area contributed by atoms with Crippen LogP contribution in [0.25, 0.3) is 5.65 Å². The number of imidazole rings is 1. The molecule has 2 heterocycles. The van der Waals surface area contributed by atoms with E-state index in [0.29, 0.717) is 13.1 Å². The van der Waals surface area contributed by atoms with E-state index in [2.05, 4.69) is 10.3 Å². The molecule has 0 saturated heterocycles. The molecule has 0 amide bonds.